The Morgan fingerprint density at radius 2 is 1.96 bits per heavy atom. The quantitative estimate of drug-likeness (QED) is 0.855. The summed E-state index contributed by atoms with van der Waals surface area (Å²) in [6.45, 7) is 7.49. The normalized spacial score (nSPS) is 17.6. The van der Waals surface area contributed by atoms with E-state index in [0.717, 1.165) is 49.1 Å². The van der Waals surface area contributed by atoms with Gasteiger partial charge in [0.1, 0.15) is 5.56 Å². The summed E-state index contributed by atoms with van der Waals surface area (Å²) >= 11 is 6.55. The number of likely N-dealkylation sites (tertiary alicyclic amines) is 1. The van der Waals surface area contributed by atoms with Crippen molar-refractivity contribution >= 4 is 28.4 Å². The van der Waals surface area contributed by atoms with Crippen LogP contribution in [-0.4, -0.2) is 41.6 Å². The molecule has 0 atom stereocenters. The fourth-order valence-corrected chi connectivity index (χ4v) is 4.26. The molecule has 1 aromatic carbocycles. The van der Waals surface area contributed by atoms with E-state index in [1.54, 1.807) is 6.20 Å². The summed E-state index contributed by atoms with van der Waals surface area (Å²) in [5, 5.41) is 3.87. The molecule has 1 amide bonds. The molecule has 2 heterocycles. The number of aromatic nitrogens is 1. The Balaban J connectivity index is 1.69. The third-order valence-corrected chi connectivity index (χ3v) is 6.34. The van der Waals surface area contributed by atoms with E-state index in [9.17, 15) is 9.59 Å². The van der Waals surface area contributed by atoms with E-state index in [0.29, 0.717) is 23.0 Å². The number of rotatable bonds is 5. The first kappa shape index (κ1) is 18.5. The summed E-state index contributed by atoms with van der Waals surface area (Å²) in [7, 11) is 0. The Kier molecular flexibility index (Phi) is 4.99. The first-order valence-corrected chi connectivity index (χ1v) is 10.2. The molecule has 0 spiro atoms. The highest BCUT2D eigenvalue weighted by atomic mass is 35.5. The van der Waals surface area contributed by atoms with Crippen LogP contribution in [0.4, 0.5) is 0 Å². The molecule has 0 unspecified atom stereocenters. The van der Waals surface area contributed by atoms with Gasteiger partial charge in [-0.05, 0) is 69.8 Å². The molecule has 4 rings (SSSR count). The maximum absolute atomic E-state index is 13.1. The predicted octanol–water partition coefficient (Wildman–Crippen LogP) is 3.43. The van der Waals surface area contributed by atoms with Crippen LogP contribution in [0.1, 0.15) is 53.2 Å². The maximum Gasteiger partial charge on any atom is 0.256 e. The Hall–Kier alpha value is -1.85. The van der Waals surface area contributed by atoms with Crippen LogP contribution in [0.3, 0.4) is 0 Å². The minimum Gasteiger partial charge on any atom is -0.351 e. The van der Waals surface area contributed by atoms with Crippen LogP contribution in [0.15, 0.2) is 17.1 Å². The number of hydrogen-bond donors (Lipinski definition) is 1. The summed E-state index contributed by atoms with van der Waals surface area (Å²) in [6, 6.07) is 2.37. The van der Waals surface area contributed by atoms with Crippen molar-refractivity contribution in [3.05, 3.63) is 44.2 Å². The zero-order valence-electron chi connectivity index (χ0n) is 16.0. The van der Waals surface area contributed by atoms with Crippen molar-refractivity contribution < 1.29 is 4.79 Å². The number of amides is 1. The standard InChI is InChI=1S/C21H26ClN3O2/c1-13-11-17-18(19(22)14(13)2)20(26)16(12-25(17)15-5-6-15)21(27)23-7-10-24-8-3-4-9-24/h11-12,15H,3-10H2,1-2H3,(H,23,27). The molecular weight excluding hydrogens is 362 g/mol. The fourth-order valence-electron chi connectivity index (χ4n) is 3.93. The average Bonchev–Trinajstić information content (AvgIpc) is 3.35. The monoisotopic (exact) mass is 387 g/mol. The molecule has 2 aliphatic rings. The Bertz CT molecular complexity index is 956. The molecule has 1 aromatic heterocycles. The van der Waals surface area contributed by atoms with Crippen LogP contribution >= 0.6 is 11.6 Å². The van der Waals surface area contributed by atoms with Crippen LogP contribution < -0.4 is 10.7 Å². The van der Waals surface area contributed by atoms with E-state index in [4.69, 9.17) is 11.6 Å². The second-order valence-electron chi connectivity index (χ2n) is 7.84. The van der Waals surface area contributed by atoms with Crippen molar-refractivity contribution in [1.29, 1.82) is 0 Å². The predicted molar refractivity (Wildman–Crippen MR) is 109 cm³/mol. The number of carbonyl (C=O) groups is 1. The van der Waals surface area contributed by atoms with Gasteiger partial charge < -0.3 is 14.8 Å². The molecule has 2 fully saturated rings. The second-order valence-corrected chi connectivity index (χ2v) is 8.22. The van der Waals surface area contributed by atoms with Gasteiger partial charge in [-0.2, -0.15) is 0 Å². The van der Waals surface area contributed by atoms with Gasteiger partial charge in [0.15, 0.2) is 0 Å². The smallest absolute Gasteiger partial charge is 0.256 e. The average molecular weight is 388 g/mol. The summed E-state index contributed by atoms with van der Waals surface area (Å²) in [5.41, 5.74) is 2.72. The lowest BCUT2D eigenvalue weighted by Crippen LogP contribution is -2.36. The van der Waals surface area contributed by atoms with E-state index in [2.05, 4.69) is 14.8 Å². The third-order valence-electron chi connectivity index (χ3n) is 5.86. The number of nitrogens with one attached hydrogen (secondary N) is 1. The molecule has 27 heavy (non-hydrogen) atoms. The van der Waals surface area contributed by atoms with Crippen molar-refractivity contribution in [2.24, 2.45) is 0 Å². The van der Waals surface area contributed by atoms with Gasteiger partial charge in [0.2, 0.25) is 5.43 Å². The number of benzene rings is 1. The zero-order valence-corrected chi connectivity index (χ0v) is 16.7. The number of pyridine rings is 1. The van der Waals surface area contributed by atoms with Crippen molar-refractivity contribution in [3.8, 4) is 0 Å². The first-order valence-electron chi connectivity index (χ1n) is 9.82. The Morgan fingerprint density at radius 1 is 1.26 bits per heavy atom. The number of hydrogen-bond acceptors (Lipinski definition) is 3. The lowest BCUT2D eigenvalue weighted by molar-refractivity contribution is 0.0948. The maximum atomic E-state index is 13.1. The highest BCUT2D eigenvalue weighted by Crippen LogP contribution is 2.38. The van der Waals surface area contributed by atoms with E-state index in [-0.39, 0.29) is 16.9 Å². The number of carbonyl (C=O) groups excluding carboxylic acids is 1. The Labute approximate surface area is 164 Å². The lowest BCUT2D eigenvalue weighted by atomic mass is 10.0. The van der Waals surface area contributed by atoms with Crippen molar-refractivity contribution in [3.63, 3.8) is 0 Å². The zero-order chi connectivity index (χ0) is 19.1. The summed E-state index contributed by atoms with van der Waals surface area (Å²) in [5.74, 6) is -0.301. The number of halogens is 1. The molecular formula is C21H26ClN3O2. The van der Waals surface area contributed by atoms with Gasteiger partial charge >= 0.3 is 0 Å². The minimum absolute atomic E-state index is 0.195. The van der Waals surface area contributed by atoms with Crippen LogP contribution in [-0.2, 0) is 0 Å². The summed E-state index contributed by atoms with van der Waals surface area (Å²) < 4.78 is 2.07. The van der Waals surface area contributed by atoms with Crippen LogP contribution in [0.2, 0.25) is 5.02 Å². The second kappa shape index (κ2) is 7.28. The molecule has 2 aromatic rings. The van der Waals surface area contributed by atoms with Crippen LogP contribution in [0.25, 0.3) is 10.9 Å². The van der Waals surface area contributed by atoms with Crippen LogP contribution in [0, 0.1) is 13.8 Å². The van der Waals surface area contributed by atoms with Gasteiger partial charge in [-0.3, -0.25) is 9.59 Å². The summed E-state index contributed by atoms with van der Waals surface area (Å²) in [6.07, 6.45) is 6.32. The van der Waals surface area contributed by atoms with Gasteiger partial charge in [0.05, 0.1) is 15.9 Å². The molecule has 0 bridgehead atoms. The molecule has 0 radical (unpaired) electrons. The van der Waals surface area contributed by atoms with Crippen molar-refractivity contribution in [1.82, 2.24) is 14.8 Å². The van der Waals surface area contributed by atoms with Crippen LogP contribution in [0.5, 0.6) is 0 Å². The molecule has 1 aliphatic carbocycles. The molecule has 1 saturated heterocycles. The number of nitrogens with zero attached hydrogens (tertiary/aromatic N) is 2. The molecule has 5 nitrogen and oxygen atoms in total. The number of fused-ring (bicyclic) bond motifs is 1. The van der Waals surface area contributed by atoms with Crippen molar-refractivity contribution in [2.75, 3.05) is 26.2 Å². The first-order chi connectivity index (χ1) is 13.0. The largest absolute Gasteiger partial charge is 0.351 e. The number of aryl methyl sites for hydroxylation is 1. The van der Waals surface area contributed by atoms with Gasteiger partial charge in [-0.15, -0.1) is 0 Å². The fraction of sp³-hybridized carbons (Fsp3) is 0.524. The molecule has 6 heteroatoms. The summed E-state index contributed by atoms with van der Waals surface area (Å²) in [4.78, 5) is 28.2. The SMILES string of the molecule is Cc1cc2c(c(Cl)c1C)c(=O)c(C(=O)NCCN1CCCC1)cn2C1CC1. The minimum atomic E-state index is -0.301. The van der Waals surface area contributed by atoms with Gasteiger partial charge in [-0.25, -0.2) is 0 Å². The van der Waals surface area contributed by atoms with Gasteiger partial charge in [0.25, 0.3) is 5.91 Å². The third kappa shape index (κ3) is 3.50. The van der Waals surface area contributed by atoms with E-state index in [1.807, 2.05) is 19.9 Å². The van der Waals surface area contributed by atoms with Gasteiger partial charge in [0, 0.05) is 25.3 Å². The highest BCUT2D eigenvalue weighted by molar-refractivity contribution is 6.36. The molecule has 144 valence electrons. The van der Waals surface area contributed by atoms with E-state index in [1.165, 1.54) is 12.8 Å². The van der Waals surface area contributed by atoms with Gasteiger partial charge in [-0.1, -0.05) is 11.6 Å². The highest BCUT2D eigenvalue weighted by Gasteiger charge is 2.28. The molecule has 1 N–H and O–H groups in total. The molecule has 1 aliphatic heterocycles. The Morgan fingerprint density at radius 3 is 2.63 bits per heavy atom. The van der Waals surface area contributed by atoms with E-state index < -0.39 is 0 Å². The topological polar surface area (TPSA) is 54.3 Å². The lowest BCUT2D eigenvalue weighted by Gasteiger charge is -2.17. The molecule has 1 saturated carbocycles. The van der Waals surface area contributed by atoms with Crippen molar-refractivity contribution in [2.45, 2.75) is 45.6 Å². The van der Waals surface area contributed by atoms with E-state index >= 15 is 0 Å².